The largest absolute Gasteiger partial charge is 0.320 e. The van der Waals surface area contributed by atoms with Crippen molar-refractivity contribution < 1.29 is 10.0 Å². The quantitative estimate of drug-likeness (QED) is 0.363. The Morgan fingerprint density at radius 2 is 1.89 bits per heavy atom. The van der Waals surface area contributed by atoms with Gasteiger partial charge >= 0.3 is 0 Å². The number of carbonyl (C=O) groups is 1. The molecule has 0 spiro atoms. The van der Waals surface area contributed by atoms with Crippen molar-refractivity contribution in [2.45, 2.75) is 6.54 Å². The Hall–Kier alpha value is -3.49. The number of nitrogens with zero attached hydrogens (tertiary/aromatic N) is 2. The van der Waals surface area contributed by atoms with Crippen LogP contribution in [0.25, 0.3) is 21.8 Å². The number of hydroxylamine groups is 2. The van der Waals surface area contributed by atoms with Gasteiger partial charge in [-0.2, -0.15) is 5.10 Å². The predicted octanol–water partition coefficient (Wildman–Crippen LogP) is 2.45. The lowest BCUT2D eigenvalue weighted by atomic mass is 10.1. The van der Waals surface area contributed by atoms with E-state index in [4.69, 9.17) is 11.6 Å². The molecule has 2 aromatic carbocycles. The summed E-state index contributed by atoms with van der Waals surface area (Å²) in [5, 5.41) is 17.2. The van der Waals surface area contributed by atoms with Crippen molar-refractivity contribution in [2.75, 3.05) is 0 Å². The third kappa shape index (κ3) is 3.04. The fraction of sp³-hybridized carbons (Fsp3) is 0.0526. The van der Waals surface area contributed by atoms with E-state index < -0.39 is 16.9 Å². The van der Waals surface area contributed by atoms with Crippen molar-refractivity contribution in [1.29, 1.82) is 0 Å². The van der Waals surface area contributed by atoms with Crippen molar-refractivity contribution >= 4 is 39.3 Å². The van der Waals surface area contributed by atoms with Gasteiger partial charge in [0.25, 0.3) is 11.5 Å². The van der Waals surface area contributed by atoms with Gasteiger partial charge in [-0.1, -0.05) is 41.9 Å². The molecule has 8 nitrogen and oxygen atoms in total. The highest BCUT2D eigenvalue weighted by molar-refractivity contribution is 6.31. The number of rotatable bonds is 3. The molecule has 0 atom stereocenters. The molecule has 0 aliphatic rings. The number of fused-ring (bicyclic) bond motifs is 2. The van der Waals surface area contributed by atoms with E-state index in [-0.39, 0.29) is 34.0 Å². The van der Waals surface area contributed by atoms with Gasteiger partial charge in [0.2, 0.25) is 0 Å². The van der Waals surface area contributed by atoms with Gasteiger partial charge in [-0.05, 0) is 23.8 Å². The van der Waals surface area contributed by atoms with E-state index in [1.54, 1.807) is 24.3 Å². The Bertz CT molecular complexity index is 1330. The summed E-state index contributed by atoms with van der Waals surface area (Å²) in [7, 11) is 0. The molecule has 1 amide bonds. The van der Waals surface area contributed by atoms with Gasteiger partial charge in [0.05, 0.1) is 17.4 Å². The topological polar surface area (TPSA) is 119 Å². The van der Waals surface area contributed by atoms with Gasteiger partial charge in [0, 0.05) is 10.4 Å². The average Bonchev–Trinajstić information content (AvgIpc) is 3.09. The van der Waals surface area contributed by atoms with Crippen LogP contribution in [0, 0.1) is 0 Å². The van der Waals surface area contributed by atoms with Crippen LogP contribution in [-0.4, -0.2) is 31.4 Å². The van der Waals surface area contributed by atoms with E-state index in [1.807, 2.05) is 6.07 Å². The number of H-pyrrole nitrogens is 2. The Kier molecular flexibility index (Phi) is 4.42. The molecule has 0 aliphatic heterocycles. The van der Waals surface area contributed by atoms with Crippen LogP contribution in [0.1, 0.15) is 16.1 Å². The summed E-state index contributed by atoms with van der Waals surface area (Å²) in [4.78, 5) is 40.7. The number of amides is 1. The SMILES string of the molecule is O=C(c1[nH]nc2c(=O)[nH]c3cc(Cl)ccc3c(=O)c12)N(O)Cc1ccccc1. The number of nitrogens with one attached hydrogen (secondary N) is 2. The number of hydrogen-bond acceptors (Lipinski definition) is 5. The molecule has 0 saturated heterocycles. The summed E-state index contributed by atoms with van der Waals surface area (Å²) < 4.78 is 0. The highest BCUT2D eigenvalue weighted by Gasteiger charge is 2.23. The predicted molar refractivity (Wildman–Crippen MR) is 104 cm³/mol. The first-order chi connectivity index (χ1) is 13.5. The van der Waals surface area contributed by atoms with Gasteiger partial charge in [0.15, 0.2) is 10.9 Å². The minimum Gasteiger partial charge on any atom is -0.320 e. The zero-order chi connectivity index (χ0) is 19.8. The van der Waals surface area contributed by atoms with Crippen molar-refractivity contribution in [2.24, 2.45) is 0 Å². The van der Waals surface area contributed by atoms with Crippen LogP contribution in [0.4, 0.5) is 0 Å². The Labute approximate surface area is 162 Å². The molecule has 0 saturated carbocycles. The molecule has 0 bridgehead atoms. The Morgan fingerprint density at radius 1 is 1.14 bits per heavy atom. The van der Waals surface area contributed by atoms with Crippen molar-refractivity contribution in [3.8, 4) is 0 Å². The molecular formula is C19H13ClN4O4. The second-order valence-corrected chi connectivity index (χ2v) is 6.58. The van der Waals surface area contributed by atoms with Crippen molar-refractivity contribution in [3.63, 3.8) is 0 Å². The van der Waals surface area contributed by atoms with Gasteiger partial charge < -0.3 is 4.98 Å². The highest BCUT2D eigenvalue weighted by Crippen LogP contribution is 2.17. The molecule has 2 heterocycles. The van der Waals surface area contributed by atoms with Gasteiger partial charge in [-0.3, -0.25) is 24.7 Å². The third-order valence-electron chi connectivity index (χ3n) is 4.31. The van der Waals surface area contributed by atoms with Crippen LogP contribution >= 0.6 is 11.6 Å². The normalized spacial score (nSPS) is 11.1. The number of hydrogen-bond donors (Lipinski definition) is 3. The zero-order valence-electron chi connectivity index (χ0n) is 14.3. The zero-order valence-corrected chi connectivity index (χ0v) is 15.0. The second kappa shape index (κ2) is 6.91. The molecule has 0 unspecified atom stereocenters. The Morgan fingerprint density at radius 3 is 2.64 bits per heavy atom. The number of benzene rings is 2. The molecule has 0 aliphatic carbocycles. The molecule has 0 fully saturated rings. The minimum atomic E-state index is -0.879. The van der Waals surface area contributed by atoms with E-state index in [0.717, 1.165) is 0 Å². The average molecular weight is 397 g/mol. The minimum absolute atomic E-state index is 0.0972. The molecule has 28 heavy (non-hydrogen) atoms. The van der Waals surface area contributed by atoms with Crippen LogP contribution in [0.3, 0.4) is 0 Å². The molecular weight excluding hydrogens is 384 g/mol. The first-order valence-electron chi connectivity index (χ1n) is 8.24. The van der Waals surface area contributed by atoms with Crippen molar-refractivity contribution in [1.82, 2.24) is 20.2 Å². The van der Waals surface area contributed by atoms with Crippen LogP contribution < -0.4 is 11.0 Å². The maximum atomic E-state index is 13.0. The second-order valence-electron chi connectivity index (χ2n) is 6.14. The summed E-state index contributed by atoms with van der Waals surface area (Å²) in [6.45, 7) is -0.0972. The van der Waals surface area contributed by atoms with E-state index in [0.29, 0.717) is 15.6 Å². The van der Waals surface area contributed by atoms with Gasteiger partial charge in [0.1, 0.15) is 5.69 Å². The van der Waals surface area contributed by atoms with Crippen LogP contribution in [-0.2, 0) is 6.54 Å². The van der Waals surface area contributed by atoms with Crippen molar-refractivity contribution in [3.05, 3.63) is 85.4 Å². The number of aromatic amines is 2. The lowest BCUT2D eigenvalue weighted by Gasteiger charge is -2.13. The van der Waals surface area contributed by atoms with Gasteiger partial charge in [-0.15, -0.1) is 0 Å². The number of carbonyl (C=O) groups excluding carboxylic acids is 1. The lowest BCUT2D eigenvalue weighted by molar-refractivity contribution is -0.0650. The van der Waals surface area contributed by atoms with E-state index >= 15 is 0 Å². The fourth-order valence-corrected chi connectivity index (χ4v) is 3.15. The summed E-state index contributed by atoms with van der Waals surface area (Å²) in [6.07, 6.45) is 0. The first-order valence-corrected chi connectivity index (χ1v) is 8.62. The Balaban J connectivity index is 1.89. The standard InChI is InChI=1S/C19H13ClN4O4/c20-11-6-7-12-13(8-11)21-18(26)15-14(17(12)25)16(23-22-15)19(27)24(28)9-10-4-2-1-3-5-10/h1-8,28H,9H2,(H,21,26)(H,22,23). The van der Waals surface area contributed by atoms with E-state index in [2.05, 4.69) is 15.2 Å². The molecule has 4 rings (SSSR count). The third-order valence-corrected chi connectivity index (χ3v) is 4.54. The van der Waals surface area contributed by atoms with E-state index in [1.165, 1.54) is 18.2 Å². The summed E-state index contributed by atoms with van der Waals surface area (Å²) in [5.41, 5.74) is -0.820. The molecule has 2 aromatic heterocycles. The monoisotopic (exact) mass is 396 g/mol. The van der Waals surface area contributed by atoms with Crippen LogP contribution in [0.15, 0.2) is 58.1 Å². The summed E-state index contributed by atoms with van der Waals surface area (Å²) in [6, 6.07) is 13.2. The number of aromatic nitrogens is 3. The smallest absolute Gasteiger partial charge is 0.296 e. The molecule has 140 valence electrons. The van der Waals surface area contributed by atoms with Gasteiger partial charge in [-0.25, -0.2) is 5.06 Å². The molecule has 0 radical (unpaired) electrons. The van der Waals surface area contributed by atoms with Crippen LogP contribution in [0.5, 0.6) is 0 Å². The number of halogens is 1. The van der Waals surface area contributed by atoms with Crippen LogP contribution in [0.2, 0.25) is 5.02 Å². The lowest BCUT2D eigenvalue weighted by Crippen LogP contribution is -2.28. The molecule has 3 N–H and O–H groups in total. The summed E-state index contributed by atoms with van der Waals surface area (Å²) in [5.74, 6) is -0.879. The maximum absolute atomic E-state index is 13.0. The van der Waals surface area contributed by atoms with E-state index in [9.17, 15) is 19.6 Å². The highest BCUT2D eigenvalue weighted by atomic mass is 35.5. The fourth-order valence-electron chi connectivity index (χ4n) is 2.97. The molecule has 9 heteroatoms. The summed E-state index contributed by atoms with van der Waals surface area (Å²) >= 11 is 5.93. The maximum Gasteiger partial charge on any atom is 0.296 e. The first kappa shape index (κ1) is 17.9. The molecule has 4 aromatic rings.